The third kappa shape index (κ3) is 70.8. The highest BCUT2D eigenvalue weighted by Crippen LogP contribution is 2.45. The Morgan fingerprint density at radius 1 is 0.290 bits per heavy atom. The van der Waals surface area contributed by atoms with Gasteiger partial charge in [0.15, 0.2) is 12.2 Å². The van der Waals surface area contributed by atoms with Gasteiger partial charge >= 0.3 is 39.5 Å². The Kier molecular flexibility index (Phi) is 67.8. The molecule has 566 valence electrons. The van der Waals surface area contributed by atoms with Gasteiger partial charge < -0.3 is 33.8 Å². The molecule has 0 aromatic heterocycles. The van der Waals surface area contributed by atoms with Gasteiger partial charge in [-0.2, -0.15) is 0 Å². The van der Waals surface area contributed by atoms with Crippen LogP contribution in [0.1, 0.15) is 259 Å². The van der Waals surface area contributed by atoms with Crippen LogP contribution >= 0.6 is 15.6 Å². The SMILES string of the molecule is CC/C=C\C/C=C\C/C=C\C/C=C\C/C=C\C/C=C\CCC(=O)OCC(COP(=O)(O)OCC(O)COP(=O)(O)OCC(COC(=O)CCCCCCC/C=C\C/C=C\CCC)OC(=O)CCCCCCC/C=C\C/C=C\CCC)OC(=O)CCCC/C=C\C/C=C\C/C=C\C/C=C\CC. The molecule has 0 fully saturated rings. The standard InChI is InChI=1S/C81H130O17P2/c1-5-9-13-17-21-25-29-33-35-36-37-38-40-43-46-50-54-58-62-66-79(84)92-72-77(98-81(86)68-64-60-56-52-48-44-39-34-30-26-22-18-14-10-6-2)74-96-100(89,90)94-70-75(82)69-93-99(87,88)95-73-76(97-80(85)67-63-59-55-51-47-42-32-28-24-20-16-12-8-4)71-91-78(83)65-61-57-53-49-45-41-31-27-23-19-15-11-7-3/h9-10,13-16,19-22,25-28,31-35,37-39,43,46,48,52,54,58,75-77,82H,5-8,11-12,17-18,23-24,29-30,36,40-42,44-45,47,49-51,53,55-57,59-74H2,1-4H3,(H,87,88)(H,89,90)/b13-9-,14-10-,19-15-,20-16-,25-21-,26-22-,31-27-,32-28-,35-33-,38-37-,39-34-,46-43-,52-48-,58-54-. The highest BCUT2D eigenvalue weighted by Gasteiger charge is 2.30. The molecule has 0 aliphatic rings. The number of carbonyl (C=O) groups excluding carboxylic acids is 4. The molecule has 5 atom stereocenters. The summed E-state index contributed by atoms with van der Waals surface area (Å²) in [5.41, 5.74) is 0. The topological polar surface area (TPSA) is 237 Å². The molecule has 0 amide bonds. The fourth-order valence-electron chi connectivity index (χ4n) is 9.02. The van der Waals surface area contributed by atoms with Crippen LogP contribution in [0.3, 0.4) is 0 Å². The van der Waals surface area contributed by atoms with E-state index in [0.717, 1.165) is 167 Å². The Bertz CT molecular complexity index is 2570. The molecule has 0 saturated carbocycles. The van der Waals surface area contributed by atoms with Gasteiger partial charge in [0.05, 0.1) is 26.4 Å². The van der Waals surface area contributed by atoms with Crippen LogP contribution in [0.4, 0.5) is 0 Å². The summed E-state index contributed by atoms with van der Waals surface area (Å²) in [7, 11) is -10.0. The maximum atomic E-state index is 13.1. The number of phosphoric acid groups is 2. The van der Waals surface area contributed by atoms with E-state index in [1.54, 1.807) is 0 Å². The zero-order valence-electron chi connectivity index (χ0n) is 61.5. The minimum Gasteiger partial charge on any atom is -0.462 e. The highest BCUT2D eigenvalue weighted by atomic mass is 31.2. The first-order chi connectivity index (χ1) is 48.7. The molecule has 0 heterocycles. The number of ether oxygens (including phenoxy) is 4. The summed E-state index contributed by atoms with van der Waals surface area (Å²) < 4.78 is 68.3. The van der Waals surface area contributed by atoms with Crippen molar-refractivity contribution >= 4 is 39.5 Å². The molecule has 19 heteroatoms. The molecular formula is C81H130O17P2. The monoisotopic (exact) mass is 1440 g/mol. The molecule has 17 nitrogen and oxygen atoms in total. The van der Waals surface area contributed by atoms with Crippen LogP contribution in [0.15, 0.2) is 170 Å². The van der Waals surface area contributed by atoms with Crippen molar-refractivity contribution in [2.45, 2.75) is 277 Å². The van der Waals surface area contributed by atoms with E-state index in [1.807, 2.05) is 24.3 Å². The summed E-state index contributed by atoms with van der Waals surface area (Å²) in [6.45, 7) is 4.30. The number of aliphatic hydroxyl groups is 1. The van der Waals surface area contributed by atoms with Crippen molar-refractivity contribution in [1.82, 2.24) is 0 Å². The zero-order chi connectivity index (χ0) is 73.2. The molecule has 3 N–H and O–H groups in total. The van der Waals surface area contributed by atoms with E-state index in [9.17, 15) is 43.2 Å². The van der Waals surface area contributed by atoms with Gasteiger partial charge in [-0.3, -0.25) is 37.3 Å². The number of allylic oxidation sites excluding steroid dienone is 28. The largest absolute Gasteiger partial charge is 0.472 e. The molecule has 5 unspecified atom stereocenters. The van der Waals surface area contributed by atoms with Crippen LogP contribution in [0.5, 0.6) is 0 Å². The van der Waals surface area contributed by atoms with Gasteiger partial charge in [0.25, 0.3) is 0 Å². The molecule has 100 heavy (non-hydrogen) atoms. The van der Waals surface area contributed by atoms with E-state index >= 15 is 0 Å². The summed E-state index contributed by atoms with van der Waals surface area (Å²) in [5, 5.41) is 10.6. The lowest BCUT2D eigenvalue weighted by atomic mass is 10.1. The van der Waals surface area contributed by atoms with Gasteiger partial charge in [-0.1, -0.05) is 249 Å². The van der Waals surface area contributed by atoms with Gasteiger partial charge in [0, 0.05) is 25.7 Å². The number of unbranched alkanes of at least 4 members (excludes halogenated alkanes) is 14. The van der Waals surface area contributed by atoms with Crippen molar-refractivity contribution < 1.29 is 80.2 Å². The Balaban J connectivity index is 5.48. The molecule has 0 radical (unpaired) electrons. The summed E-state index contributed by atoms with van der Waals surface area (Å²) in [6.07, 6.45) is 83.7. The molecule has 0 aliphatic heterocycles. The first-order valence-corrected chi connectivity index (χ1v) is 40.4. The van der Waals surface area contributed by atoms with Crippen molar-refractivity contribution in [1.29, 1.82) is 0 Å². The number of rotatable bonds is 68. The molecule has 0 saturated heterocycles. The number of hydrogen-bond acceptors (Lipinski definition) is 15. The number of esters is 4. The van der Waals surface area contributed by atoms with Crippen LogP contribution in [-0.2, 0) is 65.4 Å². The van der Waals surface area contributed by atoms with E-state index in [1.165, 1.54) is 0 Å². The number of carbonyl (C=O) groups is 4. The lowest BCUT2D eigenvalue weighted by Gasteiger charge is -2.21. The van der Waals surface area contributed by atoms with Crippen LogP contribution in [0, 0.1) is 0 Å². The summed E-state index contributed by atoms with van der Waals surface area (Å²) in [6, 6.07) is 0. The van der Waals surface area contributed by atoms with Crippen LogP contribution in [0.2, 0.25) is 0 Å². The van der Waals surface area contributed by atoms with Crippen molar-refractivity contribution in [3.8, 4) is 0 Å². The van der Waals surface area contributed by atoms with E-state index in [2.05, 4.69) is 174 Å². The Morgan fingerprint density at radius 3 is 0.880 bits per heavy atom. The number of hydrogen-bond donors (Lipinski definition) is 3. The van der Waals surface area contributed by atoms with E-state index < -0.39 is 97.5 Å². The van der Waals surface area contributed by atoms with Crippen molar-refractivity contribution in [2.24, 2.45) is 0 Å². The Labute approximate surface area is 603 Å². The smallest absolute Gasteiger partial charge is 0.462 e. The molecular weight excluding hydrogens is 1310 g/mol. The third-order valence-corrected chi connectivity index (χ3v) is 16.5. The molecule has 0 rings (SSSR count). The molecule has 0 aliphatic carbocycles. The maximum absolute atomic E-state index is 13.1. The predicted octanol–water partition coefficient (Wildman–Crippen LogP) is 21.4. The van der Waals surface area contributed by atoms with Crippen LogP contribution in [-0.4, -0.2) is 96.7 Å². The third-order valence-electron chi connectivity index (χ3n) is 14.6. The van der Waals surface area contributed by atoms with Gasteiger partial charge in [-0.05, 0) is 154 Å². The number of aliphatic hydroxyl groups excluding tert-OH is 1. The second-order valence-electron chi connectivity index (χ2n) is 24.1. The summed E-state index contributed by atoms with van der Waals surface area (Å²) >= 11 is 0. The molecule has 0 bridgehead atoms. The minimum absolute atomic E-state index is 0.0197. The number of phosphoric ester groups is 2. The van der Waals surface area contributed by atoms with Crippen LogP contribution < -0.4 is 0 Å². The quantitative estimate of drug-likeness (QED) is 0.0169. The Morgan fingerprint density at radius 2 is 0.540 bits per heavy atom. The lowest BCUT2D eigenvalue weighted by Crippen LogP contribution is -2.30. The Hall–Kier alpha value is -5.58. The van der Waals surface area contributed by atoms with Crippen molar-refractivity contribution in [2.75, 3.05) is 39.6 Å². The fourth-order valence-corrected chi connectivity index (χ4v) is 10.6. The highest BCUT2D eigenvalue weighted by molar-refractivity contribution is 7.47. The predicted molar refractivity (Wildman–Crippen MR) is 408 cm³/mol. The molecule has 0 aromatic rings. The summed E-state index contributed by atoms with van der Waals surface area (Å²) in [5.74, 6) is -2.37. The minimum atomic E-state index is -5.01. The van der Waals surface area contributed by atoms with Crippen molar-refractivity contribution in [3.63, 3.8) is 0 Å². The second kappa shape index (κ2) is 71.8. The van der Waals surface area contributed by atoms with Gasteiger partial charge in [0.1, 0.15) is 19.3 Å². The average Bonchev–Trinajstić information content (AvgIpc) is 0.946. The van der Waals surface area contributed by atoms with Gasteiger partial charge in [0.2, 0.25) is 0 Å². The second-order valence-corrected chi connectivity index (χ2v) is 27.0. The van der Waals surface area contributed by atoms with E-state index in [4.69, 9.17) is 37.0 Å². The first kappa shape index (κ1) is 94.4. The van der Waals surface area contributed by atoms with E-state index in [-0.39, 0.29) is 25.7 Å². The summed E-state index contributed by atoms with van der Waals surface area (Å²) in [4.78, 5) is 72.8. The van der Waals surface area contributed by atoms with E-state index in [0.29, 0.717) is 38.5 Å². The fraction of sp³-hybridized carbons (Fsp3) is 0.605. The molecule has 0 aromatic carbocycles. The normalized spacial score (nSPS) is 14.9. The van der Waals surface area contributed by atoms with Gasteiger partial charge in [-0.25, -0.2) is 9.13 Å². The lowest BCUT2D eigenvalue weighted by molar-refractivity contribution is -0.161. The molecule has 0 spiro atoms. The zero-order valence-corrected chi connectivity index (χ0v) is 63.3. The maximum Gasteiger partial charge on any atom is 0.472 e. The average molecular weight is 1440 g/mol. The van der Waals surface area contributed by atoms with Crippen molar-refractivity contribution in [3.05, 3.63) is 170 Å². The first-order valence-electron chi connectivity index (χ1n) is 37.4. The van der Waals surface area contributed by atoms with Crippen LogP contribution in [0.25, 0.3) is 0 Å². The van der Waals surface area contributed by atoms with Gasteiger partial charge in [-0.15, -0.1) is 0 Å².